The van der Waals surface area contributed by atoms with Crippen LogP contribution in [0.25, 0.3) is 0 Å². The second-order valence-electron chi connectivity index (χ2n) is 6.36. The summed E-state index contributed by atoms with van der Waals surface area (Å²) in [4.78, 5) is 27.3. The Balaban J connectivity index is 1.84. The van der Waals surface area contributed by atoms with Gasteiger partial charge < -0.3 is 15.6 Å². The van der Waals surface area contributed by atoms with Crippen molar-refractivity contribution in [3.05, 3.63) is 22.7 Å². The molecular formula is C15H24N4O6PS+. The first-order chi connectivity index (χ1) is 12.7. The third-order valence-electron chi connectivity index (χ3n) is 3.73. The summed E-state index contributed by atoms with van der Waals surface area (Å²) < 4.78 is 23.6. The van der Waals surface area contributed by atoms with Crippen LogP contribution in [0.4, 0.5) is 5.82 Å². The van der Waals surface area contributed by atoms with E-state index in [0.29, 0.717) is 6.42 Å². The molecule has 0 bridgehead atoms. The largest absolute Gasteiger partial charge is 0.613 e. The summed E-state index contributed by atoms with van der Waals surface area (Å²) in [6, 6.07) is 0.723. The van der Waals surface area contributed by atoms with E-state index < -0.39 is 32.0 Å². The Morgan fingerprint density at radius 2 is 2.26 bits per heavy atom. The van der Waals surface area contributed by atoms with E-state index in [1.165, 1.54) is 35.5 Å². The van der Waals surface area contributed by atoms with Crippen molar-refractivity contribution < 1.29 is 23.7 Å². The Morgan fingerprint density at radius 3 is 2.89 bits per heavy atom. The Labute approximate surface area is 161 Å². The van der Waals surface area contributed by atoms with Gasteiger partial charge in [-0.1, -0.05) is 5.09 Å². The molecule has 1 aromatic rings. The van der Waals surface area contributed by atoms with Gasteiger partial charge in [0.25, 0.3) is 0 Å². The molecular weight excluding hydrogens is 395 g/mol. The number of aromatic nitrogens is 2. The molecule has 3 unspecified atom stereocenters. The van der Waals surface area contributed by atoms with Crippen LogP contribution in [-0.2, 0) is 18.6 Å². The SMILES string of the molecule is CC(C)OC(=O)[C@H](C)N[P+](=O)OCC1S[C@@H](n2ccc(N)nc2=O)CC1O. The molecule has 0 radical (unpaired) electrons. The van der Waals surface area contributed by atoms with Crippen LogP contribution in [0.5, 0.6) is 0 Å². The average Bonchev–Trinajstić information content (AvgIpc) is 2.92. The van der Waals surface area contributed by atoms with E-state index in [1.807, 2.05) is 0 Å². The molecule has 0 amide bonds. The van der Waals surface area contributed by atoms with E-state index >= 15 is 0 Å². The van der Waals surface area contributed by atoms with E-state index in [0.717, 1.165) is 0 Å². The molecule has 4 N–H and O–H groups in total. The lowest BCUT2D eigenvalue weighted by Crippen LogP contribution is -2.33. The highest BCUT2D eigenvalue weighted by Gasteiger charge is 2.38. The number of esters is 1. The second-order valence-corrected chi connectivity index (χ2v) is 8.82. The predicted molar refractivity (Wildman–Crippen MR) is 101 cm³/mol. The number of carbonyl (C=O) groups is 1. The standard InChI is InChI=1S/C15H23N4O6PS/c1-8(2)25-14(21)9(3)18-26(23)24-7-11-10(20)6-13(27-11)19-5-4-12(16)17-15(19)22/h4-5,8-11,13,20H,6-7H2,1-3H3,(H2-,16,17,18,22,23)/p+1/t9-,10?,11?,13+/m0/s1. The molecule has 0 spiro atoms. The van der Waals surface area contributed by atoms with Gasteiger partial charge in [0.1, 0.15) is 18.5 Å². The summed E-state index contributed by atoms with van der Waals surface area (Å²) in [6.45, 7) is 4.96. The third-order valence-corrected chi connectivity index (χ3v) is 6.24. The van der Waals surface area contributed by atoms with Crippen LogP contribution < -0.4 is 16.5 Å². The summed E-state index contributed by atoms with van der Waals surface area (Å²) in [5.74, 6) is -0.393. The number of anilines is 1. The number of nitrogens with zero attached hydrogens (tertiary/aromatic N) is 2. The molecule has 1 aliphatic rings. The smallest absolute Gasteiger partial charge is 0.462 e. The number of thioether (sulfide) groups is 1. The number of ether oxygens (including phenoxy) is 1. The molecule has 10 nitrogen and oxygen atoms in total. The fraction of sp³-hybridized carbons (Fsp3) is 0.667. The first-order valence-electron chi connectivity index (χ1n) is 8.42. The summed E-state index contributed by atoms with van der Waals surface area (Å²) >= 11 is 1.33. The molecule has 1 fully saturated rings. The molecule has 1 aromatic heterocycles. The maximum atomic E-state index is 12.0. The predicted octanol–water partition coefficient (Wildman–Crippen LogP) is 0.794. The van der Waals surface area contributed by atoms with E-state index in [-0.39, 0.29) is 29.2 Å². The quantitative estimate of drug-likeness (QED) is 0.408. The van der Waals surface area contributed by atoms with Gasteiger partial charge in [-0.05, 0) is 31.4 Å². The first kappa shape index (κ1) is 21.8. The van der Waals surface area contributed by atoms with Gasteiger partial charge in [-0.25, -0.2) is 4.79 Å². The lowest BCUT2D eigenvalue weighted by molar-refractivity contribution is -0.149. The molecule has 1 aliphatic heterocycles. The number of hydrogen-bond acceptors (Lipinski definition) is 9. The van der Waals surface area contributed by atoms with Gasteiger partial charge in [0.05, 0.1) is 22.8 Å². The van der Waals surface area contributed by atoms with Gasteiger partial charge in [-0.3, -0.25) is 9.36 Å². The van der Waals surface area contributed by atoms with Crippen LogP contribution in [0, 0.1) is 0 Å². The first-order valence-corrected chi connectivity index (χ1v) is 10.5. The lowest BCUT2D eigenvalue weighted by atomic mass is 10.2. The highest BCUT2D eigenvalue weighted by Crippen LogP contribution is 2.41. The lowest BCUT2D eigenvalue weighted by Gasteiger charge is -2.12. The van der Waals surface area contributed by atoms with E-state index in [4.69, 9.17) is 15.0 Å². The Morgan fingerprint density at radius 1 is 1.56 bits per heavy atom. The Kier molecular flexibility index (Phi) is 7.75. The number of rotatable bonds is 8. The number of nitrogens with one attached hydrogen (secondary N) is 1. The van der Waals surface area contributed by atoms with Crippen LogP contribution >= 0.6 is 19.9 Å². The van der Waals surface area contributed by atoms with Gasteiger partial charge in [-0.15, -0.1) is 16.3 Å². The summed E-state index contributed by atoms with van der Waals surface area (Å²) in [5.41, 5.74) is 4.98. The minimum absolute atomic E-state index is 0.00631. The number of carbonyl (C=O) groups excluding carboxylic acids is 1. The van der Waals surface area contributed by atoms with Crippen LogP contribution in [0.1, 0.15) is 32.6 Å². The minimum Gasteiger partial charge on any atom is -0.462 e. The van der Waals surface area contributed by atoms with Gasteiger partial charge in [0, 0.05) is 12.6 Å². The van der Waals surface area contributed by atoms with Gasteiger partial charge in [0.2, 0.25) is 0 Å². The molecule has 0 aromatic carbocycles. The van der Waals surface area contributed by atoms with Crippen molar-refractivity contribution in [1.29, 1.82) is 0 Å². The number of aliphatic hydroxyl groups is 1. The van der Waals surface area contributed by atoms with Crippen molar-refractivity contribution in [3.8, 4) is 0 Å². The van der Waals surface area contributed by atoms with E-state index in [2.05, 4.69) is 10.1 Å². The van der Waals surface area contributed by atoms with Crippen molar-refractivity contribution in [1.82, 2.24) is 14.6 Å². The number of aliphatic hydroxyl groups excluding tert-OH is 1. The zero-order chi connectivity index (χ0) is 20.1. The van der Waals surface area contributed by atoms with Gasteiger partial charge in [0.15, 0.2) is 0 Å². The fourth-order valence-electron chi connectivity index (χ4n) is 2.40. The summed E-state index contributed by atoms with van der Waals surface area (Å²) in [6.07, 6.45) is 0.846. The van der Waals surface area contributed by atoms with Crippen molar-refractivity contribution in [2.45, 2.75) is 56.1 Å². The molecule has 27 heavy (non-hydrogen) atoms. The minimum atomic E-state index is -2.31. The third kappa shape index (κ3) is 6.25. The molecule has 0 saturated carbocycles. The molecule has 12 heteroatoms. The van der Waals surface area contributed by atoms with Crippen molar-refractivity contribution in [3.63, 3.8) is 0 Å². The Bertz CT molecular complexity index is 745. The second kappa shape index (κ2) is 9.61. The summed E-state index contributed by atoms with van der Waals surface area (Å²) in [7, 11) is -2.31. The molecule has 2 heterocycles. The number of hydrogen-bond donors (Lipinski definition) is 3. The molecule has 150 valence electrons. The van der Waals surface area contributed by atoms with Crippen molar-refractivity contribution >= 4 is 31.7 Å². The van der Waals surface area contributed by atoms with Gasteiger partial charge >= 0.3 is 19.8 Å². The maximum Gasteiger partial charge on any atom is 0.613 e. The number of nitrogens with two attached hydrogens (primary N) is 1. The average molecular weight is 419 g/mol. The fourth-order valence-corrected chi connectivity index (χ4v) is 4.74. The van der Waals surface area contributed by atoms with E-state index in [1.54, 1.807) is 13.8 Å². The zero-order valence-electron chi connectivity index (χ0n) is 15.3. The van der Waals surface area contributed by atoms with Gasteiger partial charge in [-0.2, -0.15) is 4.98 Å². The highest BCUT2D eigenvalue weighted by molar-refractivity contribution is 8.00. The molecule has 1 saturated heterocycles. The van der Waals surface area contributed by atoms with Crippen molar-refractivity contribution in [2.24, 2.45) is 0 Å². The normalized spacial score (nSPS) is 24.0. The maximum absolute atomic E-state index is 12.0. The Hall–Kier alpha value is -1.52. The van der Waals surface area contributed by atoms with Crippen molar-refractivity contribution in [2.75, 3.05) is 12.3 Å². The zero-order valence-corrected chi connectivity index (χ0v) is 17.0. The van der Waals surface area contributed by atoms with Crippen LogP contribution in [0.15, 0.2) is 17.1 Å². The van der Waals surface area contributed by atoms with E-state index in [9.17, 15) is 19.3 Å². The monoisotopic (exact) mass is 419 g/mol. The topological polar surface area (TPSA) is 146 Å². The van der Waals surface area contributed by atoms with Crippen LogP contribution in [-0.4, -0.2) is 50.7 Å². The molecule has 0 aliphatic carbocycles. The van der Waals surface area contributed by atoms with Crippen LogP contribution in [0.2, 0.25) is 0 Å². The molecule has 5 atom stereocenters. The highest BCUT2D eigenvalue weighted by atomic mass is 32.2. The van der Waals surface area contributed by atoms with Crippen LogP contribution in [0.3, 0.4) is 0 Å². The number of nitrogen functional groups attached to an aromatic ring is 1. The summed E-state index contributed by atoms with van der Waals surface area (Å²) in [5, 5.41) is 12.0. The molecule has 2 rings (SSSR count).